The van der Waals surface area contributed by atoms with Crippen molar-refractivity contribution >= 4 is 0 Å². The fourth-order valence-electron chi connectivity index (χ4n) is 1.94. The summed E-state index contributed by atoms with van der Waals surface area (Å²) >= 11 is 0. The van der Waals surface area contributed by atoms with Crippen molar-refractivity contribution < 1.29 is 14.6 Å². The fraction of sp³-hybridized carbons (Fsp3) is 0.647. The number of aliphatic hydroxyl groups excluding tert-OH is 1. The lowest BCUT2D eigenvalue weighted by molar-refractivity contribution is 0.105. The van der Waals surface area contributed by atoms with Crippen LogP contribution in [0.5, 0.6) is 0 Å². The van der Waals surface area contributed by atoms with Gasteiger partial charge in [0.25, 0.3) is 0 Å². The maximum atomic E-state index is 8.63. The summed E-state index contributed by atoms with van der Waals surface area (Å²) in [4.78, 5) is 0. The van der Waals surface area contributed by atoms with Gasteiger partial charge < -0.3 is 14.6 Å². The van der Waals surface area contributed by atoms with E-state index < -0.39 is 0 Å². The van der Waals surface area contributed by atoms with Crippen molar-refractivity contribution in [3.8, 4) is 0 Å². The third kappa shape index (κ3) is 9.96. The van der Waals surface area contributed by atoms with E-state index in [-0.39, 0.29) is 0 Å². The molecular formula is C17H28O3. The summed E-state index contributed by atoms with van der Waals surface area (Å²) in [6, 6.07) is 10.3. The molecule has 0 aliphatic carbocycles. The molecule has 0 unspecified atom stereocenters. The zero-order chi connectivity index (χ0) is 14.3. The molecule has 20 heavy (non-hydrogen) atoms. The Morgan fingerprint density at radius 2 is 1.30 bits per heavy atom. The van der Waals surface area contributed by atoms with Crippen molar-refractivity contribution in [3.63, 3.8) is 0 Å². The number of hydrogen-bond acceptors (Lipinski definition) is 3. The SMILES string of the molecule is OCCCCCOCCCCCOCc1ccccc1. The van der Waals surface area contributed by atoms with Gasteiger partial charge in [-0.15, -0.1) is 0 Å². The molecule has 0 saturated carbocycles. The zero-order valence-corrected chi connectivity index (χ0v) is 12.4. The van der Waals surface area contributed by atoms with Crippen LogP contribution in [0.1, 0.15) is 44.1 Å². The van der Waals surface area contributed by atoms with Gasteiger partial charge in [-0.1, -0.05) is 30.3 Å². The Balaban J connectivity index is 1.77. The van der Waals surface area contributed by atoms with Crippen LogP contribution in [0.2, 0.25) is 0 Å². The highest BCUT2D eigenvalue weighted by atomic mass is 16.5. The number of benzene rings is 1. The van der Waals surface area contributed by atoms with Crippen molar-refractivity contribution in [2.75, 3.05) is 26.4 Å². The molecule has 0 radical (unpaired) electrons. The molecule has 0 aromatic heterocycles. The normalized spacial score (nSPS) is 10.8. The molecule has 0 fully saturated rings. The summed E-state index contributed by atoms with van der Waals surface area (Å²) in [6.45, 7) is 3.50. The first kappa shape index (κ1) is 17.2. The molecule has 0 aliphatic heterocycles. The molecule has 0 amide bonds. The number of rotatable bonds is 13. The monoisotopic (exact) mass is 280 g/mol. The van der Waals surface area contributed by atoms with Gasteiger partial charge in [0, 0.05) is 26.4 Å². The van der Waals surface area contributed by atoms with Crippen molar-refractivity contribution in [2.24, 2.45) is 0 Å². The van der Waals surface area contributed by atoms with Crippen LogP contribution in [0, 0.1) is 0 Å². The lowest BCUT2D eigenvalue weighted by Crippen LogP contribution is -1.99. The summed E-state index contributed by atoms with van der Waals surface area (Å²) in [6.07, 6.45) is 6.37. The van der Waals surface area contributed by atoms with Crippen LogP contribution in [0.4, 0.5) is 0 Å². The average Bonchev–Trinajstić information content (AvgIpc) is 2.49. The summed E-state index contributed by atoms with van der Waals surface area (Å²) in [5.41, 5.74) is 1.23. The minimum Gasteiger partial charge on any atom is -0.396 e. The second-order valence-corrected chi connectivity index (χ2v) is 5.00. The highest BCUT2D eigenvalue weighted by Gasteiger charge is 1.94. The highest BCUT2D eigenvalue weighted by molar-refractivity contribution is 5.13. The van der Waals surface area contributed by atoms with Crippen molar-refractivity contribution in [2.45, 2.75) is 45.1 Å². The second-order valence-electron chi connectivity index (χ2n) is 5.00. The summed E-state index contributed by atoms with van der Waals surface area (Å²) in [5, 5.41) is 8.63. The predicted octanol–water partition coefficient (Wildman–Crippen LogP) is 3.55. The first-order chi connectivity index (χ1) is 9.93. The molecule has 0 spiro atoms. The van der Waals surface area contributed by atoms with Gasteiger partial charge in [0.15, 0.2) is 0 Å². The third-order valence-electron chi connectivity index (χ3n) is 3.14. The van der Waals surface area contributed by atoms with Crippen LogP contribution in [-0.4, -0.2) is 31.5 Å². The average molecular weight is 280 g/mol. The van der Waals surface area contributed by atoms with Crippen LogP contribution >= 0.6 is 0 Å². The number of hydrogen-bond donors (Lipinski definition) is 1. The molecular weight excluding hydrogens is 252 g/mol. The smallest absolute Gasteiger partial charge is 0.0716 e. The maximum absolute atomic E-state index is 8.63. The molecule has 1 N–H and O–H groups in total. The Hall–Kier alpha value is -0.900. The van der Waals surface area contributed by atoms with Crippen molar-refractivity contribution in [3.05, 3.63) is 35.9 Å². The lowest BCUT2D eigenvalue weighted by atomic mass is 10.2. The van der Waals surface area contributed by atoms with Gasteiger partial charge >= 0.3 is 0 Å². The van der Waals surface area contributed by atoms with Crippen molar-refractivity contribution in [1.82, 2.24) is 0 Å². The van der Waals surface area contributed by atoms with E-state index in [0.29, 0.717) is 13.2 Å². The van der Waals surface area contributed by atoms with Crippen LogP contribution in [0.3, 0.4) is 0 Å². The lowest BCUT2D eigenvalue weighted by Gasteiger charge is -2.05. The molecule has 0 bridgehead atoms. The van der Waals surface area contributed by atoms with Crippen LogP contribution < -0.4 is 0 Å². The number of unbranched alkanes of at least 4 members (excludes halogenated alkanes) is 4. The Bertz CT molecular complexity index is 300. The molecule has 0 atom stereocenters. The third-order valence-corrected chi connectivity index (χ3v) is 3.14. The first-order valence-corrected chi connectivity index (χ1v) is 7.74. The van der Waals surface area contributed by atoms with E-state index in [0.717, 1.165) is 58.3 Å². The van der Waals surface area contributed by atoms with E-state index in [4.69, 9.17) is 14.6 Å². The molecule has 1 aromatic carbocycles. The van der Waals surface area contributed by atoms with Gasteiger partial charge in [0.05, 0.1) is 6.61 Å². The van der Waals surface area contributed by atoms with E-state index in [2.05, 4.69) is 12.1 Å². The topological polar surface area (TPSA) is 38.7 Å². The zero-order valence-electron chi connectivity index (χ0n) is 12.4. The maximum Gasteiger partial charge on any atom is 0.0716 e. The quantitative estimate of drug-likeness (QED) is 0.562. The standard InChI is InChI=1S/C17H28O3/c18-12-6-2-7-13-19-14-8-3-9-15-20-16-17-10-4-1-5-11-17/h1,4-5,10-11,18H,2-3,6-9,12-16H2. The predicted molar refractivity (Wildman–Crippen MR) is 81.7 cm³/mol. The molecule has 1 rings (SSSR count). The Kier molecular flexibility index (Phi) is 11.2. The largest absolute Gasteiger partial charge is 0.396 e. The second kappa shape index (κ2) is 13.1. The minimum atomic E-state index is 0.295. The van der Waals surface area contributed by atoms with E-state index in [1.165, 1.54) is 5.56 Å². The molecule has 1 aromatic rings. The number of ether oxygens (including phenoxy) is 2. The summed E-state index contributed by atoms with van der Waals surface area (Å²) in [5.74, 6) is 0. The van der Waals surface area contributed by atoms with E-state index in [1.54, 1.807) is 0 Å². The molecule has 3 nitrogen and oxygen atoms in total. The Morgan fingerprint density at radius 3 is 1.95 bits per heavy atom. The van der Waals surface area contributed by atoms with Gasteiger partial charge in [-0.25, -0.2) is 0 Å². The van der Waals surface area contributed by atoms with E-state index in [1.807, 2.05) is 18.2 Å². The first-order valence-electron chi connectivity index (χ1n) is 7.74. The van der Waals surface area contributed by atoms with E-state index >= 15 is 0 Å². The highest BCUT2D eigenvalue weighted by Crippen LogP contribution is 2.03. The van der Waals surface area contributed by atoms with Gasteiger partial charge in [-0.3, -0.25) is 0 Å². The van der Waals surface area contributed by atoms with Crippen LogP contribution in [0.15, 0.2) is 30.3 Å². The van der Waals surface area contributed by atoms with E-state index in [9.17, 15) is 0 Å². The van der Waals surface area contributed by atoms with Crippen molar-refractivity contribution in [1.29, 1.82) is 0 Å². The van der Waals surface area contributed by atoms with Crippen LogP contribution in [-0.2, 0) is 16.1 Å². The Morgan fingerprint density at radius 1 is 0.700 bits per heavy atom. The van der Waals surface area contributed by atoms with Crippen LogP contribution in [0.25, 0.3) is 0 Å². The fourth-order valence-corrected chi connectivity index (χ4v) is 1.94. The van der Waals surface area contributed by atoms with Gasteiger partial charge in [0.2, 0.25) is 0 Å². The van der Waals surface area contributed by atoms with Gasteiger partial charge in [-0.05, 0) is 44.1 Å². The molecule has 0 aliphatic rings. The number of aliphatic hydroxyl groups is 1. The molecule has 114 valence electrons. The molecule has 0 heterocycles. The molecule has 3 heteroatoms. The molecule has 0 saturated heterocycles. The van der Waals surface area contributed by atoms with Gasteiger partial charge in [-0.2, -0.15) is 0 Å². The minimum absolute atomic E-state index is 0.295. The summed E-state index contributed by atoms with van der Waals surface area (Å²) < 4.78 is 11.2. The van der Waals surface area contributed by atoms with Gasteiger partial charge in [0.1, 0.15) is 0 Å². The Labute approximate surface area is 122 Å². The summed E-state index contributed by atoms with van der Waals surface area (Å²) in [7, 11) is 0.